The van der Waals surface area contributed by atoms with Crippen molar-refractivity contribution in [3.8, 4) is 0 Å². The smallest absolute Gasteiger partial charge is 0.312 e. The largest absolute Gasteiger partial charge is 0.481 e. The Labute approximate surface area is 551 Å². The summed E-state index contributed by atoms with van der Waals surface area (Å²) in [6.07, 6.45) is 7.91. The summed E-state index contributed by atoms with van der Waals surface area (Å²) >= 11 is 0. The molecule has 0 spiro atoms. The fourth-order valence-corrected chi connectivity index (χ4v) is 11.2. The zero-order chi connectivity index (χ0) is 71.5. The van der Waals surface area contributed by atoms with Crippen LogP contribution in [0.1, 0.15) is 221 Å². The first-order valence-electron chi connectivity index (χ1n) is 32.8. The molecule has 0 aromatic carbocycles. The molecule has 0 aliphatic carbocycles. The lowest BCUT2D eigenvalue weighted by molar-refractivity contribution is -0.147. The molecule has 28 nitrogen and oxygen atoms in total. The molecular formula is C66H105N5O23. The van der Waals surface area contributed by atoms with Crippen LogP contribution in [0.3, 0.4) is 0 Å². The second-order valence-corrected chi connectivity index (χ2v) is 25.3. The third kappa shape index (κ3) is 44.7. The number of aliphatic carboxylic acids is 6. The van der Waals surface area contributed by atoms with E-state index in [1.165, 1.54) is 76.5 Å². The van der Waals surface area contributed by atoms with E-state index in [1.54, 1.807) is 6.92 Å². The van der Waals surface area contributed by atoms with Gasteiger partial charge in [0.05, 0.1) is 32.7 Å². The average Bonchev–Trinajstić information content (AvgIpc) is 0.992. The van der Waals surface area contributed by atoms with E-state index in [-0.39, 0.29) is 68.7 Å². The number of carboxylic acid groups (broad SMARTS) is 6. The fraction of sp³-hybridized carbons (Fsp3) is 0.742. The van der Waals surface area contributed by atoms with Crippen molar-refractivity contribution in [3.63, 3.8) is 0 Å². The van der Waals surface area contributed by atoms with Gasteiger partial charge in [0, 0.05) is 104 Å². The van der Waals surface area contributed by atoms with Gasteiger partial charge in [0.2, 0.25) is 29.5 Å². The Bertz CT molecular complexity index is 2550. The van der Waals surface area contributed by atoms with Crippen LogP contribution in [0.5, 0.6) is 0 Å². The van der Waals surface area contributed by atoms with Crippen molar-refractivity contribution >= 4 is 100 Å². The fourth-order valence-electron chi connectivity index (χ4n) is 11.2. The van der Waals surface area contributed by atoms with Crippen molar-refractivity contribution in [1.29, 1.82) is 0 Å². The first-order valence-corrected chi connectivity index (χ1v) is 32.8. The zero-order valence-corrected chi connectivity index (χ0v) is 56.1. The number of rotatable bonds is 59. The molecule has 0 rings (SSSR count). The summed E-state index contributed by atoms with van der Waals surface area (Å²) in [7, 11) is 0. The third-order valence-corrected chi connectivity index (χ3v) is 15.8. The zero-order valence-electron chi connectivity index (χ0n) is 56.1. The van der Waals surface area contributed by atoms with Crippen LogP contribution in [0.2, 0.25) is 0 Å². The minimum Gasteiger partial charge on any atom is -0.481 e. The highest BCUT2D eigenvalue weighted by atomic mass is 16.4. The number of ketones is 6. The summed E-state index contributed by atoms with van der Waals surface area (Å²) in [6, 6.07) is 0. The predicted octanol–water partition coefficient (Wildman–Crippen LogP) is 6.17. The number of amides is 5. The number of nitrogens with zero attached hydrogens (tertiary/aromatic N) is 5. The van der Waals surface area contributed by atoms with Gasteiger partial charge >= 0.3 is 35.8 Å². The van der Waals surface area contributed by atoms with Gasteiger partial charge in [-0.1, -0.05) is 97.8 Å². The van der Waals surface area contributed by atoms with Gasteiger partial charge in [0.25, 0.3) is 0 Å². The molecule has 0 fully saturated rings. The molecule has 0 aliphatic rings. The highest BCUT2D eigenvalue weighted by molar-refractivity contribution is 5.97. The van der Waals surface area contributed by atoms with Crippen molar-refractivity contribution in [3.05, 3.63) is 0 Å². The lowest BCUT2D eigenvalue weighted by atomic mass is 9.93. The Hall–Kier alpha value is -7.81. The van der Waals surface area contributed by atoms with Gasteiger partial charge in [0.15, 0.2) is 23.1 Å². The number of hydrogen-bond acceptors (Lipinski definition) is 17. The second kappa shape index (κ2) is 48.8. The van der Waals surface area contributed by atoms with Crippen molar-refractivity contribution in [2.24, 2.45) is 29.6 Å². The third-order valence-electron chi connectivity index (χ3n) is 15.8. The Balaban J connectivity index is 6.27. The Morgan fingerprint density at radius 1 is 0.298 bits per heavy atom. The summed E-state index contributed by atoms with van der Waals surface area (Å²) in [5.41, 5.74) is 0. The molecule has 532 valence electrons. The number of Topliss-reactive ketones (excluding diaryl/α,β-unsaturated/α-hetero) is 6. The molecule has 0 aromatic heterocycles. The lowest BCUT2D eigenvalue weighted by Gasteiger charge is -2.30. The molecule has 28 heteroatoms. The second-order valence-electron chi connectivity index (χ2n) is 25.3. The van der Waals surface area contributed by atoms with Crippen LogP contribution >= 0.6 is 0 Å². The molecule has 0 radical (unpaired) electrons. The number of carbonyl (C=O) groups is 17. The molecule has 0 aliphatic heterocycles. The molecule has 94 heavy (non-hydrogen) atoms. The average molecular weight is 1340 g/mol. The number of carbonyl (C=O) groups excluding carboxylic acids is 11. The van der Waals surface area contributed by atoms with E-state index in [0.717, 1.165) is 47.3 Å². The van der Waals surface area contributed by atoms with Crippen LogP contribution in [0.4, 0.5) is 0 Å². The minimum atomic E-state index is -1.66. The lowest BCUT2D eigenvalue weighted by Crippen LogP contribution is -2.44. The standard InChI is InChI=1S/C66H105N5O23/c1-7-8-9-10-11-12-13-14-15-16-17-18-19-20-53(75)27-45(2)35-67(48(5)73)41-54(76)28-46(3)36-68(49(6)74)42-55(77)29-51(22-25-62(85)86)39-70(59(81)33-65(91)92)44-57(79)31-52(23-26-63(87)88)40-71(60(82)34-66(93)94)43-56(78)30-50(21-24-61(83)84)38-69(37-47(4)72)58(80)32-64(89)90/h45-46,50-52H,7-44H2,1-6H3,(H,83,84)(H,85,86)(H,87,88)(H,89,90)(H,91,92)(H,93,94)/t45-,46-,50-,51-,52-/m1/s1. The van der Waals surface area contributed by atoms with Gasteiger partial charge in [-0.05, 0) is 62.2 Å². The van der Waals surface area contributed by atoms with Gasteiger partial charge in [-0.25, -0.2) is 0 Å². The molecule has 0 bridgehead atoms. The molecule has 0 saturated carbocycles. The van der Waals surface area contributed by atoms with Gasteiger partial charge in [0.1, 0.15) is 30.8 Å². The maximum absolute atomic E-state index is 14.0. The molecule has 0 saturated heterocycles. The quantitative estimate of drug-likeness (QED) is 0.0292. The van der Waals surface area contributed by atoms with E-state index < -0.39 is 216 Å². The van der Waals surface area contributed by atoms with Crippen LogP contribution in [-0.4, -0.2) is 221 Å². The van der Waals surface area contributed by atoms with E-state index in [9.17, 15) is 112 Å². The molecule has 6 N–H and O–H groups in total. The highest BCUT2D eigenvalue weighted by Gasteiger charge is 2.32. The normalized spacial score (nSPS) is 12.6. The summed E-state index contributed by atoms with van der Waals surface area (Å²) in [6.45, 7) is 4.37. The maximum Gasteiger partial charge on any atom is 0.312 e. The van der Waals surface area contributed by atoms with E-state index in [0.29, 0.717) is 11.3 Å². The van der Waals surface area contributed by atoms with Gasteiger partial charge in [-0.15, -0.1) is 0 Å². The topological polar surface area (TPSA) is 428 Å². The summed E-state index contributed by atoms with van der Waals surface area (Å²) in [4.78, 5) is 220. The minimum absolute atomic E-state index is 0.0875. The van der Waals surface area contributed by atoms with Crippen molar-refractivity contribution in [2.45, 2.75) is 221 Å². The molecule has 5 atom stereocenters. The van der Waals surface area contributed by atoms with Crippen molar-refractivity contribution in [2.75, 3.05) is 65.4 Å². The maximum atomic E-state index is 14.0. The Kier molecular flexibility index (Phi) is 44.8. The van der Waals surface area contributed by atoms with Crippen molar-refractivity contribution in [1.82, 2.24) is 24.5 Å². The van der Waals surface area contributed by atoms with Gasteiger partial charge in [-0.2, -0.15) is 0 Å². The molecule has 0 unspecified atom stereocenters. The summed E-state index contributed by atoms with van der Waals surface area (Å²) in [5, 5.41) is 57.0. The summed E-state index contributed by atoms with van der Waals surface area (Å²) < 4.78 is 0. The van der Waals surface area contributed by atoms with Gasteiger partial charge < -0.3 is 55.1 Å². The molecule has 0 aromatic rings. The monoisotopic (exact) mass is 1340 g/mol. The van der Waals surface area contributed by atoms with E-state index >= 15 is 0 Å². The van der Waals surface area contributed by atoms with Crippen LogP contribution in [0.15, 0.2) is 0 Å². The Morgan fingerprint density at radius 2 is 0.564 bits per heavy atom. The van der Waals surface area contributed by atoms with Crippen LogP contribution in [-0.2, 0) is 81.5 Å². The van der Waals surface area contributed by atoms with E-state index in [1.807, 2.05) is 6.92 Å². The Morgan fingerprint density at radius 3 is 0.840 bits per heavy atom. The number of unbranched alkanes of at least 4 members (excludes halogenated alkanes) is 12. The van der Waals surface area contributed by atoms with E-state index in [4.69, 9.17) is 0 Å². The molecular weight excluding hydrogens is 1230 g/mol. The van der Waals surface area contributed by atoms with Crippen LogP contribution < -0.4 is 0 Å². The number of hydrogen-bond donors (Lipinski definition) is 6. The van der Waals surface area contributed by atoms with E-state index in [2.05, 4.69) is 6.92 Å². The molecule has 0 heterocycles. The highest BCUT2D eigenvalue weighted by Crippen LogP contribution is 2.23. The van der Waals surface area contributed by atoms with Crippen LogP contribution in [0, 0.1) is 29.6 Å². The van der Waals surface area contributed by atoms with Crippen molar-refractivity contribution < 1.29 is 112 Å². The SMILES string of the molecule is CCCCCCCCCCCCCCCC(=O)C[C@@H](C)CN(CC(=O)C[C@@H](C)CN(CC(=O)C[C@@H](CCC(=O)O)CN(CC(=O)C[C@@H](CCC(=O)O)CN(CC(=O)C[C@@H](CCC(=O)O)CN(CC(C)=O)C(=O)CC(=O)O)C(=O)CC(=O)O)C(=O)CC(=O)O)C(C)=O)C(C)=O. The number of carboxylic acids is 6. The van der Waals surface area contributed by atoms with Gasteiger partial charge in [-0.3, -0.25) is 81.5 Å². The first-order chi connectivity index (χ1) is 44.1. The molecule has 5 amide bonds. The van der Waals surface area contributed by atoms with Crippen LogP contribution in [0.25, 0.3) is 0 Å². The predicted molar refractivity (Wildman–Crippen MR) is 340 cm³/mol. The summed E-state index contributed by atoms with van der Waals surface area (Å²) in [5.74, 6) is -20.6. The first kappa shape index (κ1) is 86.2.